The van der Waals surface area contributed by atoms with E-state index >= 15 is 0 Å². The van der Waals surface area contributed by atoms with Gasteiger partial charge < -0.3 is 4.55 Å². The summed E-state index contributed by atoms with van der Waals surface area (Å²) in [5, 5.41) is 0. The van der Waals surface area contributed by atoms with Gasteiger partial charge in [0.1, 0.15) is 0 Å². The van der Waals surface area contributed by atoms with Crippen LogP contribution in [0.5, 0.6) is 0 Å². The lowest BCUT2D eigenvalue weighted by molar-refractivity contribution is 0.521. The second-order valence-corrected chi connectivity index (χ2v) is 6.10. The van der Waals surface area contributed by atoms with Gasteiger partial charge in [-0.05, 0) is 31.3 Å². The molecule has 0 aromatic carbocycles. The molecule has 3 atom stereocenters. The van der Waals surface area contributed by atoms with Crippen LogP contribution >= 0.6 is 0 Å². The van der Waals surface area contributed by atoms with E-state index in [9.17, 15) is 8.76 Å². The molecule has 0 radical (unpaired) electrons. The van der Waals surface area contributed by atoms with Crippen LogP contribution in [0.1, 0.15) is 26.7 Å². The quantitative estimate of drug-likeness (QED) is 0.695. The van der Waals surface area contributed by atoms with Gasteiger partial charge in [-0.2, -0.15) is 0 Å². The number of hydrogen-bond donors (Lipinski definition) is 1. The van der Waals surface area contributed by atoms with Gasteiger partial charge in [0.05, 0.1) is 4.75 Å². The molecule has 0 aromatic rings. The van der Waals surface area contributed by atoms with Gasteiger partial charge in [0.2, 0.25) is 0 Å². The zero-order valence-electron chi connectivity index (χ0n) is 9.06. The molecule has 0 bridgehead atoms. The monoisotopic (exact) mass is 224 g/mol. The Bertz CT molecular complexity index is 392. The second-order valence-electron chi connectivity index (χ2n) is 4.67. The van der Waals surface area contributed by atoms with Crippen molar-refractivity contribution in [3.63, 3.8) is 0 Å². The Balaban J connectivity index is 2.29. The number of hydrogen-bond acceptors (Lipinski definition) is 1. The van der Waals surface area contributed by atoms with Crippen LogP contribution in [0.15, 0.2) is 35.5 Å². The third-order valence-corrected chi connectivity index (χ3v) is 4.24. The Hall–Kier alpha value is -0.670. The molecular formula is C12H16O2S. The molecule has 0 amide bonds. The maximum Gasteiger partial charge on any atom is 0.163 e. The van der Waals surface area contributed by atoms with Crippen LogP contribution in [0.25, 0.3) is 0 Å². The van der Waals surface area contributed by atoms with Gasteiger partial charge in [-0.15, -0.1) is 0 Å². The molecule has 15 heavy (non-hydrogen) atoms. The number of rotatable bonds is 1. The van der Waals surface area contributed by atoms with E-state index in [-0.39, 0.29) is 0 Å². The molecule has 2 rings (SSSR count). The highest BCUT2D eigenvalue weighted by Crippen LogP contribution is 2.37. The molecule has 3 unspecified atom stereocenters. The largest absolute Gasteiger partial charge is 0.305 e. The first-order valence-corrected chi connectivity index (χ1v) is 6.32. The van der Waals surface area contributed by atoms with Crippen molar-refractivity contribution in [3.05, 3.63) is 35.5 Å². The lowest BCUT2D eigenvalue weighted by atomic mass is 9.82. The van der Waals surface area contributed by atoms with Crippen LogP contribution in [-0.4, -0.2) is 13.5 Å². The lowest BCUT2D eigenvalue weighted by Crippen LogP contribution is -2.31. The standard InChI is InChI=1S/C12H16O2S/c1-9-3-4-10-5-6-12(2,15(13)14)8-11(10)7-9/h3-6,9H,7-8H2,1-2H3,(H,13,14). The first-order valence-electron chi connectivity index (χ1n) is 5.22. The molecule has 0 fully saturated rings. The third-order valence-electron chi connectivity index (χ3n) is 3.16. The fraction of sp³-hybridized carbons (Fsp3) is 0.500. The van der Waals surface area contributed by atoms with Gasteiger partial charge in [0, 0.05) is 0 Å². The fourth-order valence-electron chi connectivity index (χ4n) is 2.18. The highest BCUT2D eigenvalue weighted by molar-refractivity contribution is 7.80. The maximum atomic E-state index is 11.3. The molecule has 3 heteroatoms. The van der Waals surface area contributed by atoms with E-state index in [0.717, 1.165) is 6.42 Å². The minimum Gasteiger partial charge on any atom is -0.305 e. The highest BCUT2D eigenvalue weighted by Gasteiger charge is 2.33. The van der Waals surface area contributed by atoms with E-state index < -0.39 is 15.8 Å². The van der Waals surface area contributed by atoms with Crippen LogP contribution < -0.4 is 0 Å². The summed E-state index contributed by atoms with van der Waals surface area (Å²) in [6, 6.07) is 0. The summed E-state index contributed by atoms with van der Waals surface area (Å²) in [6.45, 7) is 4.01. The molecule has 0 saturated carbocycles. The third kappa shape index (κ3) is 1.99. The smallest absolute Gasteiger partial charge is 0.163 e. The number of allylic oxidation sites excluding steroid dienone is 5. The summed E-state index contributed by atoms with van der Waals surface area (Å²) in [7, 11) is 0. The Morgan fingerprint density at radius 1 is 1.53 bits per heavy atom. The minimum absolute atomic E-state index is 0.548. The zero-order valence-corrected chi connectivity index (χ0v) is 9.88. The molecule has 0 heterocycles. The van der Waals surface area contributed by atoms with Crippen molar-refractivity contribution < 1.29 is 8.76 Å². The molecular weight excluding hydrogens is 208 g/mol. The van der Waals surface area contributed by atoms with E-state index in [1.165, 1.54) is 11.1 Å². The van der Waals surface area contributed by atoms with Gasteiger partial charge in [-0.3, -0.25) is 0 Å². The molecule has 0 saturated heterocycles. The molecule has 1 N–H and O–H groups in total. The van der Waals surface area contributed by atoms with Gasteiger partial charge in [-0.25, -0.2) is 4.21 Å². The van der Waals surface area contributed by atoms with Crippen LogP contribution in [0.2, 0.25) is 0 Å². The van der Waals surface area contributed by atoms with Crippen molar-refractivity contribution in [2.75, 3.05) is 0 Å². The van der Waals surface area contributed by atoms with Gasteiger partial charge in [-0.1, -0.05) is 36.8 Å². The average Bonchev–Trinajstić information content (AvgIpc) is 2.16. The Morgan fingerprint density at radius 3 is 2.93 bits per heavy atom. The molecule has 0 spiro atoms. The van der Waals surface area contributed by atoms with Crippen molar-refractivity contribution >= 4 is 11.1 Å². The Labute approximate surface area is 93.1 Å². The SMILES string of the molecule is CC1C=CC2=C(C1)CC(C)(S(=O)O)C=C2. The van der Waals surface area contributed by atoms with E-state index in [1.807, 2.05) is 19.1 Å². The summed E-state index contributed by atoms with van der Waals surface area (Å²) in [5.74, 6) is 0.548. The summed E-state index contributed by atoms with van der Waals surface area (Å²) in [5.41, 5.74) is 2.55. The van der Waals surface area contributed by atoms with Crippen molar-refractivity contribution in [1.82, 2.24) is 0 Å². The van der Waals surface area contributed by atoms with Gasteiger partial charge in [0.15, 0.2) is 11.1 Å². The molecule has 0 aromatic heterocycles. The Morgan fingerprint density at radius 2 is 2.27 bits per heavy atom. The second kappa shape index (κ2) is 3.72. The molecule has 2 nitrogen and oxygen atoms in total. The van der Waals surface area contributed by atoms with Gasteiger partial charge >= 0.3 is 0 Å². The summed E-state index contributed by atoms with van der Waals surface area (Å²) in [4.78, 5) is 0. The van der Waals surface area contributed by atoms with Crippen LogP contribution in [0.4, 0.5) is 0 Å². The molecule has 0 aliphatic heterocycles. The predicted molar refractivity (Wildman–Crippen MR) is 62.9 cm³/mol. The molecule has 2 aliphatic rings. The normalized spacial score (nSPS) is 36.6. The summed E-state index contributed by atoms with van der Waals surface area (Å²) in [6.07, 6.45) is 9.89. The fourth-order valence-corrected chi connectivity index (χ4v) is 2.66. The van der Waals surface area contributed by atoms with Crippen molar-refractivity contribution in [1.29, 1.82) is 0 Å². The van der Waals surface area contributed by atoms with Crippen LogP contribution in [0.3, 0.4) is 0 Å². The lowest BCUT2D eigenvalue weighted by Gasteiger charge is -2.30. The van der Waals surface area contributed by atoms with E-state index in [0.29, 0.717) is 12.3 Å². The van der Waals surface area contributed by atoms with Crippen molar-refractivity contribution in [3.8, 4) is 0 Å². The first kappa shape index (κ1) is 10.8. The van der Waals surface area contributed by atoms with Crippen molar-refractivity contribution in [2.24, 2.45) is 5.92 Å². The van der Waals surface area contributed by atoms with Crippen LogP contribution in [-0.2, 0) is 11.1 Å². The first-order chi connectivity index (χ1) is 7.01. The predicted octanol–water partition coefficient (Wildman–Crippen LogP) is 2.82. The highest BCUT2D eigenvalue weighted by atomic mass is 32.2. The van der Waals surface area contributed by atoms with E-state index in [1.54, 1.807) is 0 Å². The minimum atomic E-state index is -1.79. The van der Waals surface area contributed by atoms with E-state index in [4.69, 9.17) is 0 Å². The zero-order chi connectivity index (χ0) is 11.1. The summed E-state index contributed by atoms with van der Waals surface area (Å²) < 4.78 is 19.9. The maximum absolute atomic E-state index is 11.3. The van der Waals surface area contributed by atoms with Gasteiger partial charge in [0.25, 0.3) is 0 Å². The molecule has 2 aliphatic carbocycles. The van der Waals surface area contributed by atoms with Crippen molar-refractivity contribution in [2.45, 2.75) is 31.4 Å². The topological polar surface area (TPSA) is 37.3 Å². The Kier molecular flexibility index (Phi) is 2.69. The van der Waals surface area contributed by atoms with Crippen LogP contribution in [0, 0.1) is 5.92 Å². The molecule has 82 valence electrons. The average molecular weight is 224 g/mol. The van der Waals surface area contributed by atoms with E-state index in [2.05, 4.69) is 19.1 Å². The summed E-state index contributed by atoms with van der Waals surface area (Å²) >= 11 is -1.79.